The highest BCUT2D eigenvalue weighted by atomic mass is 79.9. The molecule has 0 aromatic rings. The molecule has 0 aromatic heterocycles. The van der Waals surface area contributed by atoms with Crippen molar-refractivity contribution in [2.24, 2.45) is 11.8 Å². The molecule has 0 saturated heterocycles. The van der Waals surface area contributed by atoms with Gasteiger partial charge in [-0.2, -0.15) is 0 Å². The Balaban J connectivity index is 3.31. The van der Waals surface area contributed by atoms with E-state index >= 15 is 0 Å². The summed E-state index contributed by atoms with van der Waals surface area (Å²) in [4.78, 5) is 0. The van der Waals surface area contributed by atoms with E-state index in [1.807, 2.05) is 0 Å². The summed E-state index contributed by atoms with van der Waals surface area (Å²) in [5.74, 6) is 1.49. The zero-order valence-electron chi connectivity index (χ0n) is 7.65. The van der Waals surface area contributed by atoms with Crippen molar-refractivity contribution in [3.8, 4) is 0 Å². The van der Waals surface area contributed by atoms with Crippen LogP contribution < -0.4 is 5.32 Å². The quantitative estimate of drug-likeness (QED) is 0.751. The van der Waals surface area contributed by atoms with Crippen LogP contribution in [0.15, 0.2) is 11.1 Å². The molecule has 0 radical (unpaired) electrons. The zero-order valence-corrected chi connectivity index (χ0v) is 9.24. The molecule has 0 amide bonds. The minimum Gasteiger partial charge on any atom is -0.312 e. The molecule has 2 heteroatoms. The molecule has 0 spiro atoms. The highest BCUT2D eigenvalue weighted by Crippen LogP contribution is 2.07. The summed E-state index contributed by atoms with van der Waals surface area (Å²) in [5.41, 5.74) is 0. The summed E-state index contributed by atoms with van der Waals surface area (Å²) in [6.45, 7) is 12.4. The molecule has 0 saturated carbocycles. The molecule has 0 aliphatic heterocycles. The van der Waals surface area contributed by atoms with Crippen LogP contribution >= 0.6 is 15.9 Å². The maximum absolute atomic E-state index is 3.75. The van der Waals surface area contributed by atoms with Crippen LogP contribution in [0.25, 0.3) is 0 Å². The van der Waals surface area contributed by atoms with Gasteiger partial charge in [0.15, 0.2) is 0 Å². The smallest absolute Gasteiger partial charge is 0.0265 e. The van der Waals surface area contributed by atoms with Crippen molar-refractivity contribution in [2.75, 3.05) is 13.1 Å². The van der Waals surface area contributed by atoms with Crippen LogP contribution in [0.1, 0.15) is 20.8 Å². The Morgan fingerprint density at radius 3 is 2.36 bits per heavy atom. The van der Waals surface area contributed by atoms with Crippen LogP contribution in [0.2, 0.25) is 0 Å². The van der Waals surface area contributed by atoms with Gasteiger partial charge < -0.3 is 5.32 Å². The van der Waals surface area contributed by atoms with Crippen molar-refractivity contribution >= 4 is 15.9 Å². The normalized spacial score (nSPS) is 13.5. The zero-order chi connectivity index (χ0) is 8.85. The van der Waals surface area contributed by atoms with Gasteiger partial charge in [0.2, 0.25) is 0 Å². The van der Waals surface area contributed by atoms with Crippen LogP contribution in [0, 0.1) is 11.8 Å². The molecule has 1 nitrogen and oxygen atoms in total. The van der Waals surface area contributed by atoms with Gasteiger partial charge in [0, 0.05) is 11.0 Å². The van der Waals surface area contributed by atoms with E-state index in [0.717, 1.165) is 29.4 Å². The minimum absolute atomic E-state index is 0.738. The van der Waals surface area contributed by atoms with E-state index in [9.17, 15) is 0 Å². The molecule has 1 N–H and O–H groups in total. The maximum Gasteiger partial charge on any atom is 0.0265 e. The number of hydrogen-bond donors (Lipinski definition) is 1. The number of hydrogen-bond acceptors (Lipinski definition) is 1. The lowest BCUT2D eigenvalue weighted by Gasteiger charge is -2.15. The van der Waals surface area contributed by atoms with E-state index in [4.69, 9.17) is 0 Å². The first kappa shape index (κ1) is 11.2. The summed E-state index contributed by atoms with van der Waals surface area (Å²) in [6.07, 6.45) is 0. The summed E-state index contributed by atoms with van der Waals surface area (Å²) in [5, 5.41) is 3.32. The highest BCUT2D eigenvalue weighted by Gasteiger charge is 2.05. The van der Waals surface area contributed by atoms with E-state index < -0.39 is 0 Å². The Labute approximate surface area is 78.4 Å². The van der Waals surface area contributed by atoms with Crippen molar-refractivity contribution in [2.45, 2.75) is 20.8 Å². The standard InChI is InChI=1S/C9H18BrN/c1-7(2)8(3)5-11-6-9(4)10/h7-8,11H,4-6H2,1-3H3. The third kappa shape index (κ3) is 6.57. The van der Waals surface area contributed by atoms with Crippen molar-refractivity contribution in [3.63, 3.8) is 0 Å². The van der Waals surface area contributed by atoms with Crippen LogP contribution in [0.3, 0.4) is 0 Å². The molecule has 0 heterocycles. The summed E-state index contributed by atoms with van der Waals surface area (Å²) >= 11 is 3.30. The molecular formula is C9H18BrN. The predicted molar refractivity (Wildman–Crippen MR) is 54.9 cm³/mol. The third-order valence-corrected chi connectivity index (χ3v) is 2.20. The van der Waals surface area contributed by atoms with Crippen LogP contribution in [0.4, 0.5) is 0 Å². The van der Waals surface area contributed by atoms with E-state index in [1.165, 1.54) is 0 Å². The van der Waals surface area contributed by atoms with Crippen molar-refractivity contribution in [1.82, 2.24) is 5.32 Å². The third-order valence-electron chi connectivity index (χ3n) is 1.92. The van der Waals surface area contributed by atoms with Gasteiger partial charge in [-0.25, -0.2) is 0 Å². The largest absolute Gasteiger partial charge is 0.312 e. The molecule has 0 aliphatic carbocycles. The van der Waals surface area contributed by atoms with Gasteiger partial charge in [-0.1, -0.05) is 43.3 Å². The van der Waals surface area contributed by atoms with Crippen LogP contribution in [0.5, 0.6) is 0 Å². The topological polar surface area (TPSA) is 12.0 Å². The number of rotatable bonds is 5. The average molecular weight is 220 g/mol. The Morgan fingerprint density at radius 1 is 1.45 bits per heavy atom. The monoisotopic (exact) mass is 219 g/mol. The Morgan fingerprint density at radius 2 is 2.00 bits per heavy atom. The fourth-order valence-electron chi connectivity index (χ4n) is 0.671. The van der Waals surface area contributed by atoms with Crippen molar-refractivity contribution in [1.29, 1.82) is 0 Å². The minimum atomic E-state index is 0.738. The van der Waals surface area contributed by atoms with Crippen molar-refractivity contribution < 1.29 is 0 Å². The lowest BCUT2D eigenvalue weighted by Crippen LogP contribution is -2.24. The molecule has 0 fully saturated rings. The van der Waals surface area contributed by atoms with Gasteiger partial charge in [-0.05, 0) is 18.4 Å². The Hall–Kier alpha value is 0.180. The van der Waals surface area contributed by atoms with Gasteiger partial charge in [0.05, 0.1) is 0 Å². The second-order valence-electron chi connectivity index (χ2n) is 3.37. The summed E-state index contributed by atoms with van der Waals surface area (Å²) in [7, 11) is 0. The molecule has 0 aliphatic rings. The van der Waals surface area contributed by atoms with Crippen molar-refractivity contribution in [3.05, 3.63) is 11.1 Å². The summed E-state index contributed by atoms with van der Waals surface area (Å²) in [6, 6.07) is 0. The summed E-state index contributed by atoms with van der Waals surface area (Å²) < 4.78 is 1.02. The fourth-order valence-corrected chi connectivity index (χ4v) is 0.869. The lowest BCUT2D eigenvalue weighted by molar-refractivity contribution is 0.400. The first-order valence-electron chi connectivity index (χ1n) is 4.08. The SMILES string of the molecule is C=C(Br)CNCC(C)C(C)C. The second kappa shape index (κ2) is 5.78. The fraction of sp³-hybridized carbons (Fsp3) is 0.778. The van der Waals surface area contributed by atoms with E-state index in [0.29, 0.717) is 0 Å². The Bertz CT molecular complexity index is 121. The van der Waals surface area contributed by atoms with Gasteiger partial charge in [-0.3, -0.25) is 0 Å². The first-order valence-corrected chi connectivity index (χ1v) is 4.87. The molecule has 0 aromatic carbocycles. The van der Waals surface area contributed by atoms with Gasteiger partial charge >= 0.3 is 0 Å². The molecule has 0 bridgehead atoms. The lowest BCUT2D eigenvalue weighted by atomic mass is 9.98. The number of nitrogens with one attached hydrogen (secondary N) is 1. The molecular weight excluding hydrogens is 202 g/mol. The van der Waals surface area contributed by atoms with Gasteiger partial charge in [-0.15, -0.1) is 0 Å². The van der Waals surface area contributed by atoms with Crippen LogP contribution in [-0.4, -0.2) is 13.1 Å². The maximum atomic E-state index is 3.75. The van der Waals surface area contributed by atoms with E-state index in [1.54, 1.807) is 0 Å². The molecule has 1 atom stereocenters. The molecule has 1 unspecified atom stereocenters. The number of halogens is 1. The molecule has 0 rings (SSSR count). The van der Waals surface area contributed by atoms with Gasteiger partial charge in [0.25, 0.3) is 0 Å². The van der Waals surface area contributed by atoms with Crippen LogP contribution in [-0.2, 0) is 0 Å². The average Bonchev–Trinajstić information content (AvgIpc) is 1.86. The van der Waals surface area contributed by atoms with E-state index in [-0.39, 0.29) is 0 Å². The highest BCUT2D eigenvalue weighted by molar-refractivity contribution is 9.11. The predicted octanol–water partition coefficient (Wildman–Crippen LogP) is 2.78. The van der Waals surface area contributed by atoms with E-state index in [2.05, 4.69) is 48.6 Å². The van der Waals surface area contributed by atoms with Gasteiger partial charge in [0.1, 0.15) is 0 Å². The molecule has 66 valence electrons. The Kier molecular flexibility index (Phi) is 5.88. The first-order chi connectivity index (χ1) is 5.04. The second-order valence-corrected chi connectivity index (χ2v) is 4.49. The molecule has 11 heavy (non-hydrogen) atoms.